The second-order valence-electron chi connectivity index (χ2n) is 3.77. The third-order valence-electron chi connectivity index (χ3n) is 2.22. The highest BCUT2D eigenvalue weighted by Crippen LogP contribution is 2.11. The molecule has 0 spiro atoms. The summed E-state index contributed by atoms with van der Waals surface area (Å²) in [4.78, 5) is 10.8. The summed E-state index contributed by atoms with van der Waals surface area (Å²) in [7, 11) is -0.797. The van der Waals surface area contributed by atoms with Crippen molar-refractivity contribution in [3.05, 3.63) is 11.8 Å². The van der Waals surface area contributed by atoms with Crippen LogP contribution in [0, 0.1) is 0 Å². The average Bonchev–Trinajstić information content (AvgIpc) is 2.57. The number of aryl methyl sites for hydroxylation is 1. The normalized spacial score (nSPS) is 13.3. The first-order valence-electron chi connectivity index (χ1n) is 5.06. The van der Waals surface area contributed by atoms with Gasteiger partial charge in [0.25, 0.3) is 0 Å². The van der Waals surface area contributed by atoms with E-state index in [0.29, 0.717) is 0 Å². The highest BCUT2D eigenvalue weighted by atomic mass is 32.2. The molecule has 2 N–H and O–H groups in total. The standard InChI is InChI=1S/C9H15N3O5S/c1-6(17-3)5-18(15,16)11-8-4-7(9(13)14)12(2)10-8/h4,6H,5H2,1-3H3,(H,10,11)(H,13,14). The van der Waals surface area contributed by atoms with Gasteiger partial charge in [0.1, 0.15) is 5.69 Å². The third kappa shape index (κ3) is 3.70. The van der Waals surface area contributed by atoms with E-state index in [1.54, 1.807) is 6.92 Å². The van der Waals surface area contributed by atoms with Gasteiger partial charge in [-0.25, -0.2) is 13.2 Å². The quantitative estimate of drug-likeness (QED) is 0.751. The number of aromatic carboxylic acids is 1. The summed E-state index contributed by atoms with van der Waals surface area (Å²) in [5.41, 5.74) is -0.104. The Morgan fingerprint density at radius 3 is 2.72 bits per heavy atom. The minimum Gasteiger partial charge on any atom is -0.477 e. The zero-order valence-electron chi connectivity index (χ0n) is 10.2. The van der Waals surface area contributed by atoms with Crippen molar-refractivity contribution in [2.45, 2.75) is 13.0 Å². The number of carbonyl (C=O) groups is 1. The fraction of sp³-hybridized carbons (Fsp3) is 0.556. The molecule has 18 heavy (non-hydrogen) atoms. The Balaban J connectivity index is 2.85. The maximum Gasteiger partial charge on any atom is 0.354 e. The number of sulfonamides is 1. The Morgan fingerprint density at radius 1 is 1.67 bits per heavy atom. The van der Waals surface area contributed by atoms with Gasteiger partial charge in [-0.15, -0.1) is 0 Å². The molecule has 0 bridgehead atoms. The molecule has 1 aromatic heterocycles. The lowest BCUT2D eigenvalue weighted by atomic mass is 10.4. The molecule has 0 aromatic carbocycles. The molecular weight excluding hydrogens is 262 g/mol. The van der Waals surface area contributed by atoms with Gasteiger partial charge in [0.15, 0.2) is 5.82 Å². The summed E-state index contributed by atoms with van der Waals surface area (Å²) in [5, 5.41) is 12.6. The van der Waals surface area contributed by atoms with Crippen LogP contribution in [-0.4, -0.2) is 48.2 Å². The molecule has 1 unspecified atom stereocenters. The van der Waals surface area contributed by atoms with Crippen molar-refractivity contribution in [2.24, 2.45) is 7.05 Å². The number of rotatable bonds is 6. The predicted octanol–water partition coefficient (Wildman–Crippen LogP) is -0.105. The van der Waals surface area contributed by atoms with Crippen LogP contribution in [0.2, 0.25) is 0 Å². The molecule has 1 heterocycles. The lowest BCUT2D eigenvalue weighted by Crippen LogP contribution is -2.25. The van der Waals surface area contributed by atoms with Crippen LogP contribution in [0.4, 0.5) is 5.82 Å². The van der Waals surface area contributed by atoms with Gasteiger partial charge in [0.05, 0.1) is 11.9 Å². The predicted molar refractivity (Wildman–Crippen MR) is 64.0 cm³/mol. The van der Waals surface area contributed by atoms with E-state index in [0.717, 1.165) is 10.7 Å². The first-order valence-corrected chi connectivity index (χ1v) is 6.71. The number of nitrogens with one attached hydrogen (secondary N) is 1. The largest absolute Gasteiger partial charge is 0.477 e. The Labute approximate surface area is 105 Å². The summed E-state index contributed by atoms with van der Waals surface area (Å²) < 4.78 is 31.5. The summed E-state index contributed by atoms with van der Waals surface area (Å²) in [6.45, 7) is 1.61. The fourth-order valence-electron chi connectivity index (χ4n) is 1.30. The highest BCUT2D eigenvalue weighted by molar-refractivity contribution is 7.92. The van der Waals surface area contributed by atoms with Crippen LogP contribution in [0.3, 0.4) is 0 Å². The third-order valence-corrected chi connectivity index (χ3v) is 3.64. The zero-order chi connectivity index (χ0) is 13.9. The molecule has 9 heteroatoms. The monoisotopic (exact) mass is 277 g/mol. The minimum absolute atomic E-state index is 0.0294. The smallest absolute Gasteiger partial charge is 0.354 e. The maximum atomic E-state index is 11.7. The molecule has 0 aliphatic heterocycles. The number of aromatic nitrogens is 2. The summed E-state index contributed by atoms with van der Waals surface area (Å²) in [6, 6.07) is 1.15. The summed E-state index contributed by atoms with van der Waals surface area (Å²) in [5.74, 6) is -1.44. The molecule has 0 amide bonds. The number of hydrogen-bond donors (Lipinski definition) is 2. The molecular formula is C9H15N3O5S. The Bertz CT molecular complexity index is 536. The molecule has 1 aromatic rings. The van der Waals surface area contributed by atoms with E-state index in [1.807, 2.05) is 0 Å². The molecule has 0 aliphatic carbocycles. The minimum atomic E-state index is -3.62. The van der Waals surface area contributed by atoms with Gasteiger partial charge in [-0.3, -0.25) is 9.40 Å². The van der Waals surface area contributed by atoms with Crippen LogP contribution < -0.4 is 4.72 Å². The molecule has 0 fully saturated rings. The molecule has 0 aliphatic rings. The van der Waals surface area contributed by atoms with E-state index in [-0.39, 0.29) is 17.3 Å². The van der Waals surface area contributed by atoms with E-state index in [2.05, 4.69) is 9.82 Å². The van der Waals surface area contributed by atoms with Gasteiger partial charge < -0.3 is 9.84 Å². The molecule has 0 radical (unpaired) electrons. The second-order valence-corrected chi connectivity index (χ2v) is 5.54. The van der Waals surface area contributed by atoms with Gasteiger partial charge in [0, 0.05) is 20.2 Å². The van der Waals surface area contributed by atoms with Crippen molar-refractivity contribution in [2.75, 3.05) is 17.6 Å². The van der Waals surface area contributed by atoms with Crippen LogP contribution in [0.5, 0.6) is 0 Å². The van der Waals surface area contributed by atoms with Crippen LogP contribution in [-0.2, 0) is 21.8 Å². The van der Waals surface area contributed by atoms with Crippen molar-refractivity contribution in [1.82, 2.24) is 9.78 Å². The van der Waals surface area contributed by atoms with Crippen molar-refractivity contribution >= 4 is 21.8 Å². The van der Waals surface area contributed by atoms with E-state index >= 15 is 0 Å². The number of methoxy groups -OCH3 is 1. The van der Waals surface area contributed by atoms with E-state index < -0.39 is 22.1 Å². The number of anilines is 1. The molecule has 1 rings (SSSR count). The van der Waals surface area contributed by atoms with E-state index in [4.69, 9.17) is 9.84 Å². The zero-order valence-corrected chi connectivity index (χ0v) is 11.1. The number of hydrogen-bond acceptors (Lipinski definition) is 5. The SMILES string of the molecule is COC(C)CS(=O)(=O)Nc1cc(C(=O)O)n(C)n1. The van der Waals surface area contributed by atoms with Crippen molar-refractivity contribution < 1.29 is 23.1 Å². The average molecular weight is 277 g/mol. The van der Waals surface area contributed by atoms with Crippen LogP contribution in [0.25, 0.3) is 0 Å². The molecule has 102 valence electrons. The number of nitrogens with zero attached hydrogens (tertiary/aromatic N) is 2. The molecule has 0 saturated heterocycles. The van der Waals surface area contributed by atoms with Crippen molar-refractivity contribution in [3.8, 4) is 0 Å². The second kappa shape index (κ2) is 5.36. The first-order chi connectivity index (χ1) is 8.25. The number of carboxylic acids is 1. The van der Waals surface area contributed by atoms with Gasteiger partial charge in [-0.1, -0.05) is 0 Å². The number of carboxylic acid groups (broad SMARTS) is 1. The molecule has 0 saturated carbocycles. The van der Waals surface area contributed by atoms with Gasteiger partial charge in [0.2, 0.25) is 10.0 Å². The summed E-state index contributed by atoms with van der Waals surface area (Å²) in [6.07, 6.45) is -0.467. The Kier molecular flexibility index (Phi) is 4.30. The van der Waals surface area contributed by atoms with Crippen LogP contribution in [0.1, 0.15) is 17.4 Å². The van der Waals surface area contributed by atoms with Crippen molar-refractivity contribution in [3.63, 3.8) is 0 Å². The van der Waals surface area contributed by atoms with Gasteiger partial charge in [-0.05, 0) is 6.92 Å². The summed E-state index contributed by atoms with van der Waals surface area (Å²) >= 11 is 0. The van der Waals surface area contributed by atoms with Gasteiger partial charge >= 0.3 is 5.97 Å². The van der Waals surface area contributed by atoms with Crippen molar-refractivity contribution in [1.29, 1.82) is 0 Å². The number of ether oxygens (including phenoxy) is 1. The lowest BCUT2D eigenvalue weighted by Gasteiger charge is -2.10. The van der Waals surface area contributed by atoms with Crippen LogP contribution in [0.15, 0.2) is 6.07 Å². The Morgan fingerprint density at radius 2 is 2.28 bits per heavy atom. The lowest BCUT2D eigenvalue weighted by molar-refractivity contribution is 0.0685. The molecule has 8 nitrogen and oxygen atoms in total. The molecule has 1 atom stereocenters. The van der Waals surface area contributed by atoms with E-state index in [1.165, 1.54) is 14.2 Å². The highest BCUT2D eigenvalue weighted by Gasteiger charge is 2.19. The first kappa shape index (κ1) is 14.5. The topological polar surface area (TPSA) is 111 Å². The fourth-order valence-corrected chi connectivity index (χ4v) is 2.55. The maximum absolute atomic E-state index is 11.7. The van der Waals surface area contributed by atoms with Crippen LogP contribution >= 0.6 is 0 Å². The van der Waals surface area contributed by atoms with E-state index in [9.17, 15) is 13.2 Å². The van der Waals surface area contributed by atoms with Gasteiger partial charge in [-0.2, -0.15) is 5.10 Å². The Hall–Kier alpha value is -1.61.